The number of piperidine rings is 1. The monoisotopic (exact) mass is 437 g/mol. The maximum absolute atomic E-state index is 12.7. The summed E-state index contributed by atoms with van der Waals surface area (Å²) in [5.41, 5.74) is 0.767. The van der Waals surface area contributed by atoms with Gasteiger partial charge in [-0.3, -0.25) is 4.79 Å². The van der Waals surface area contributed by atoms with Crippen LogP contribution in [0, 0.1) is 0 Å². The number of rotatable bonds is 6. The second kappa shape index (κ2) is 8.78. The smallest absolute Gasteiger partial charge is 0.260 e. The summed E-state index contributed by atoms with van der Waals surface area (Å²) in [4.78, 5) is 14.5. The van der Waals surface area contributed by atoms with E-state index >= 15 is 0 Å². The van der Waals surface area contributed by atoms with Crippen LogP contribution < -0.4 is 18.9 Å². The number of carbonyl (C=O) groups excluding carboxylic acids is 1. The van der Waals surface area contributed by atoms with Gasteiger partial charge >= 0.3 is 0 Å². The summed E-state index contributed by atoms with van der Waals surface area (Å²) in [5.74, 6) is 3.50. The largest absolute Gasteiger partial charge is 0.497 e. The lowest BCUT2D eigenvalue weighted by atomic mass is 9.98. The number of nitrogens with zero attached hydrogens (tertiary/aromatic N) is 3. The second-order valence-corrected chi connectivity index (χ2v) is 7.66. The number of fused-ring (bicyclic) bond motifs is 1. The van der Waals surface area contributed by atoms with Crippen molar-refractivity contribution >= 4 is 5.91 Å². The Kier molecular flexibility index (Phi) is 5.53. The fourth-order valence-electron chi connectivity index (χ4n) is 3.88. The minimum absolute atomic E-state index is 0.0141. The van der Waals surface area contributed by atoms with Gasteiger partial charge in [0.1, 0.15) is 11.5 Å². The Hall–Kier alpha value is -3.75. The Morgan fingerprint density at radius 3 is 2.91 bits per heavy atom. The lowest BCUT2D eigenvalue weighted by Crippen LogP contribution is -2.41. The molecular formula is C23H23N3O6. The number of carbonyl (C=O) groups is 1. The maximum Gasteiger partial charge on any atom is 0.260 e. The number of benzene rings is 2. The summed E-state index contributed by atoms with van der Waals surface area (Å²) in [6.07, 6.45) is 1.74. The summed E-state index contributed by atoms with van der Waals surface area (Å²) in [6.45, 7) is 1.37. The summed E-state index contributed by atoms with van der Waals surface area (Å²) in [5, 5.41) is 8.44. The van der Waals surface area contributed by atoms with Gasteiger partial charge in [-0.15, -0.1) is 10.2 Å². The predicted octanol–water partition coefficient (Wildman–Crippen LogP) is 3.26. The van der Waals surface area contributed by atoms with Crippen molar-refractivity contribution < 1.29 is 28.2 Å². The lowest BCUT2D eigenvalue weighted by Gasteiger charge is -2.31. The van der Waals surface area contributed by atoms with Gasteiger partial charge in [-0.25, -0.2) is 0 Å². The first-order valence-electron chi connectivity index (χ1n) is 10.5. The molecule has 0 saturated carbocycles. The normalized spacial score (nSPS) is 17.3. The molecule has 5 rings (SSSR count). The van der Waals surface area contributed by atoms with Crippen LogP contribution in [0.3, 0.4) is 0 Å². The van der Waals surface area contributed by atoms with Crippen molar-refractivity contribution in [2.75, 3.05) is 33.6 Å². The molecule has 166 valence electrons. The van der Waals surface area contributed by atoms with Gasteiger partial charge in [0.15, 0.2) is 18.1 Å². The average molecular weight is 437 g/mol. The third kappa shape index (κ3) is 4.18. The molecule has 9 nitrogen and oxygen atoms in total. The predicted molar refractivity (Wildman–Crippen MR) is 113 cm³/mol. The topological polar surface area (TPSA) is 96.2 Å². The van der Waals surface area contributed by atoms with Crippen LogP contribution in [-0.4, -0.2) is 54.6 Å². The van der Waals surface area contributed by atoms with Crippen molar-refractivity contribution in [1.29, 1.82) is 0 Å². The first-order valence-corrected chi connectivity index (χ1v) is 10.5. The van der Waals surface area contributed by atoms with Crippen LogP contribution >= 0.6 is 0 Å². The van der Waals surface area contributed by atoms with E-state index in [-0.39, 0.29) is 25.2 Å². The van der Waals surface area contributed by atoms with Gasteiger partial charge in [0.05, 0.1) is 13.0 Å². The first kappa shape index (κ1) is 20.2. The highest BCUT2D eigenvalue weighted by molar-refractivity contribution is 5.78. The molecule has 3 heterocycles. The minimum atomic E-state index is -0.0759. The zero-order chi connectivity index (χ0) is 21.9. The van der Waals surface area contributed by atoms with Crippen molar-refractivity contribution in [2.45, 2.75) is 18.8 Å². The SMILES string of the molecule is COc1cccc(OCC(=O)N2CCCC(c3nnc(-c4ccc5c(c4)OCO5)o3)C2)c1. The number of likely N-dealkylation sites (tertiary alicyclic amines) is 1. The van der Waals surface area contributed by atoms with E-state index in [9.17, 15) is 4.79 Å². The standard InChI is InChI=1S/C23H23N3O6/c1-28-17-5-2-6-18(11-17)29-13-21(27)26-9-3-4-16(12-26)23-25-24-22(32-23)15-7-8-19-20(10-15)31-14-30-19/h2,5-8,10-11,16H,3-4,9,12-14H2,1H3. The van der Waals surface area contributed by atoms with Gasteiger partial charge in [0.2, 0.25) is 18.6 Å². The molecule has 1 amide bonds. The molecule has 1 saturated heterocycles. The number of ether oxygens (including phenoxy) is 4. The molecule has 1 aromatic heterocycles. The molecule has 0 bridgehead atoms. The van der Waals surface area contributed by atoms with Crippen LogP contribution in [-0.2, 0) is 4.79 Å². The molecule has 0 radical (unpaired) electrons. The summed E-state index contributed by atoms with van der Waals surface area (Å²) < 4.78 is 27.6. The Balaban J connectivity index is 1.22. The van der Waals surface area contributed by atoms with E-state index in [1.807, 2.05) is 30.3 Å². The summed E-state index contributed by atoms with van der Waals surface area (Å²) in [7, 11) is 1.59. The molecule has 2 aliphatic rings. The van der Waals surface area contributed by atoms with Crippen molar-refractivity contribution in [2.24, 2.45) is 0 Å². The van der Waals surface area contributed by atoms with Crippen LogP contribution in [0.4, 0.5) is 0 Å². The average Bonchev–Trinajstić information content (AvgIpc) is 3.52. The van der Waals surface area contributed by atoms with Crippen molar-refractivity contribution in [3.8, 4) is 34.5 Å². The second-order valence-electron chi connectivity index (χ2n) is 7.66. The van der Waals surface area contributed by atoms with Crippen LogP contribution in [0.15, 0.2) is 46.9 Å². The molecule has 2 aliphatic heterocycles. The highest BCUT2D eigenvalue weighted by Gasteiger charge is 2.29. The van der Waals surface area contributed by atoms with Gasteiger partial charge < -0.3 is 28.3 Å². The Morgan fingerprint density at radius 2 is 2.00 bits per heavy atom. The van der Waals surface area contributed by atoms with Gasteiger partial charge in [-0.2, -0.15) is 0 Å². The van der Waals surface area contributed by atoms with E-state index in [0.717, 1.165) is 18.4 Å². The van der Waals surface area contributed by atoms with Gasteiger partial charge in [-0.1, -0.05) is 6.07 Å². The van der Waals surface area contributed by atoms with Crippen molar-refractivity contribution in [1.82, 2.24) is 15.1 Å². The molecule has 32 heavy (non-hydrogen) atoms. The number of methoxy groups -OCH3 is 1. The van der Waals surface area contributed by atoms with E-state index in [1.54, 1.807) is 24.1 Å². The molecule has 0 N–H and O–H groups in total. The molecule has 1 fully saturated rings. The zero-order valence-corrected chi connectivity index (χ0v) is 17.7. The van der Waals surface area contributed by atoms with E-state index in [1.165, 1.54) is 0 Å². The van der Waals surface area contributed by atoms with E-state index in [0.29, 0.717) is 47.9 Å². The molecule has 0 spiro atoms. The highest BCUT2D eigenvalue weighted by atomic mass is 16.7. The molecule has 1 unspecified atom stereocenters. The van der Waals surface area contributed by atoms with Crippen LogP contribution in [0.5, 0.6) is 23.0 Å². The molecule has 0 aliphatic carbocycles. The van der Waals surface area contributed by atoms with Crippen LogP contribution in [0.25, 0.3) is 11.5 Å². The molecule has 2 aromatic carbocycles. The molecule has 3 aromatic rings. The minimum Gasteiger partial charge on any atom is -0.497 e. The Morgan fingerprint density at radius 1 is 1.12 bits per heavy atom. The van der Waals surface area contributed by atoms with E-state index in [4.69, 9.17) is 23.4 Å². The maximum atomic E-state index is 12.7. The lowest BCUT2D eigenvalue weighted by molar-refractivity contribution is -0.134. The molecule has 1 atom stereocenters. The fourth-order valence-corrected chi connectivity index (χ4v) is 3.88. The Bertz CT molecular complexity index is 1110. The summed E-state index contributed by atoms with van der Waals surface area (Å²) in [6, 6.07) is 12.7. The third-order valence-electron chi connectivity index (χ3n) is 5.59. The van der Waals surface area contributed by atoms with Crippen LogP contribution in [0.1, 0.15) is 24.7 Å². The van der Waals surface area contributed by atoms with Crippen molar-refractivity contribution in [3.63, 3.8) is 0 Å². The number of hydrogen-bond donors (Lipinski definition) is 0. The van der Waals surface area contributed by atoms with Crippen LogP contribution in [0.2, 0.25) is 0 Å². The van der Waals surface area contributed by atoms with Gasteiger partial charge in [-0.05, 0) is 43.2 Å². The number of hydrogen-bond acceptors (Lipinski definition) is 8. The number of aromatic nitrogens is 2. The quantitative estimate of drug-likeness (QED) is 0.580. The first-order chi connectivity index (χ1) is 15.7. The molecule has 9 heteroatoms. The summed E-state index contributed by atoms with van der Waals surface area (Å²) >= 11 is 0. The van der Waals surface area contributed by atoms with E-state index < -0.39 is 0 Å². The zero-order valence-electron chi connectivity index (χ0n) is 17.7. The highest BCUT2D eigenvalue weighted by Crippen LogP contribution is 2.36. The third-order valence-corrected chi connectivity index (χ3v) is 5.59. The van der Waals surface area contributed by atoms with Gasteiger partial charge in [0, 0.05) is 24.7 Å². The van der Waals surface area contributed by atoms with Gasteiger partial charge in [0.25, 0.3) is 5.91 Å². The number of amides is 1. The van der Waals surface area contributed by atoms with Crippen molar-refractivity contribution in [3.05, 3.63) is 48.4 Å². The van der Waals surface area contributed by atoms with E-state index in [2.05, 4.69) is 10.2 Å². The Labute approximate surface area is 184 Å². The molecular weight excluding hydrogens is 414 g/mol. The fraction of sp³-hybridized carbons (Fsp3) is 0.348.